The number of piperidine rings is 1. The van der Waals surface area contributed by atoms with Crippen molar-refractivity contribution in [2.75, 3.05) is 20.1 Å². The fraction of sp³-hybridized carbons (Fsp3) is 0.462. The molecule has 1 fully saturated rings. The fourth-order valence-electron chi connectivity index (χ4n) is 2.17. The standard InChI is InChI=1S/C13H16ClN3O2S/c1-17-6-4-11(5-7-17)16-20(18,19)12-3-2-10(9-15)13(14)8-12/h2-3,8,11,16H,4-7H2,1H3. The molecule has 0 atom stereocenters. The average Bonchev–Trinajstić information content (AvgIpc) is 2.41. The van der Waals surface area contributed by atoms with Gasteiger partial charge in [-0.1, -0.05) is 11.6 Å². The molecule has 1 saturated heterocycles. The number of benzene rings is 1. The second-order valence-corrected chi connectivity index (χ2v) is 7.07. The number of rotatable bonds is 3. The molecule has 0 saturated carbocycles. The van der Waals surface area contributed by atoms with Crippen LogP contribution in [-0.2, 0) is 10.0 Å². The van der Waals surface area contributed by atoms with E-state index in [4.69, 9.17) is 16.9 Å². The lowest BCUT2D eigenvalue weighted by Crippen LogP contribution is -2.43. The molecule has 0 aromatic heterocycles. The Labute approximate surface area is 124 Å². The van der Waals surface area contributed by atoms with Crippen LogP contribution in [0.15, 0.2) is 23.1 Å². The molecule has 0 aliphatic carbocycles. The van der Waals surface area contributed by atoms with Crippen LogP contribution in [0.3, 0.4) is 0 Å². The van der Waals surface area contributed by atoms with Crippen molar-refractivity contribution in [3.63, 3.8) is 0 Å². The van der Waals surface area contributed by atoms with Gasteiger partial charge in [-0.25, -0.2) is 13.1 Å². The SMILES string of the molecule is CN1CCC(NS(=O)(=O)c2ccc(C#N)c(Cl)c2)CC1. The zero-order valence-electron chi connectivity index (χ0n) is 11.1. The molecular weight excluding hydrogens is 298 g/mol. The normalized spacial score (nSPS) is 17.9. The topological polar surface area (TPSA) is 73.2 Å². The Morgan fingerprint density at radius 2 is 2.05 bits per heavy atom. The van der Waals surface area contributed by atoms with Gasteiger partial charge in [0.1, 0.15) is 6.07 Å². The van der Waals surface area contributed by atoms with Crippen LogP contribution in [0.4, 0.5) is 0 Å². The van der Waals surface area contributed by atoms with Gasteiger partial charge in [0.05, 0.1) is 15.5 Å². The predicted octanol–water partition coefficient (Wildman–Crippen LogP) is 1.58. The van der Waals surface area contributed by atoms with E-state index in [1.54, 1.807) is 0 Å². The molecule has 108 valence electrons. The Morgan fingerprint density at radius 3 is 2.60 bits per heavy atom. The molecule has 0 radical (unpaired) electrons. The molecule has 1 N–H and O–H groups in total. The van der Waals surface area contributed by atoms with E-state index in [2.05, 4.69) is 9.62 Å². The second kappa shape index (κ2) is 6.10. The molecule has 0 bridgehead atoms. The Kier molecular flexibility index (Phi) is 4.66. The van der Waals surface area contributed by atoms with Gasteiger partial charge in [-0.15, -0.1) is 0 Å². The van der Waals surface area contributed by atoms with Crippen LogP contribution < -0.4 is 4.72 Å². The van der Waals surface area contributed by atoms with Crippen molar-refractivity contribution in [1.82, 2.24) is 9.62 Å². The second-order valence-electron chi connectivity index (χ2n) is 4.95. The van der Waals surface area contributed by atoms with Crippen LogP contribution in [0, 0.1) is 11.3 Å². The highest BCUT2D eigenvalue weighted by molar-refractivity contribution is 7.89. The summed E-state index contributed by atoms with van der Waals surface area (Å²) in [5.74, 6) is 0. The maximum atomic E-state index is 12.3. The fourth-order valence-corrected chi connectivity index (χ4v) is 3.79. The summed E-state index contributed by atoms with van der Waals surface area (Å²) < 4.78 is 27.2. The Hall–Kier alpha value is -1.13. The molecule has 1 aromatic rings. The van der Waals surface area contributed by atoms with Crippen molar-refractivity contribution in [3.05, 3.63) is 28.8 Å². The lowest BCUT2D eigenvalue weighted by Gasteiger charge is -2.29. The van der Waals surface area contributed by atoms with Crippen LogP contribution in [-0.4, -0.2) is 39.5 Å². The Bertz CT molecular complexity index is 632. The van der Waals surface area contributed by atoms with Crippen LogP contribution in [0.1, 0.15) is 18.4 Å². The number of hydrogen-bond donors (Lipinski definition) is 1. The molecule has 0 unspecified atom stereocenters. The molecule has 1 aromatic carbocycles. The van der Waals surface area contributed by atoms with E-state index in [0.29, 0.717) is 0 Å². The van der Waals surface area contributed by atoms with Crippen molar-refractivity contribution in [2.24, 2.45) is 0 Å². The Balaban J connectivity index is 2.14. The molecule has 20 heavy (non-hydrogen) atoms. The molecule has 2 rings (SSSR count). The number of hydrogen-bond acceptors (Lipinski definition) is 4. The molecule has 5 nitrogen and oxygen atoms in total. The quantitative estimate of drug-likeness (QED) is 0.919. The number of likely N-dealkylation sites (tertiary alicyclic amines) is 1. The molecule has 0 amide bonds. The number of nitrogens with zero attached hydrogens (tertiary/aromatic N) is 2. The summed E-state index contributed by atoms with van der Waals surface area (Å²) in [6, 6.07) is 6.00. The van der Waals surface area contributed by atoms with Crippen LogP contribution in [0.25, 0.3) is 0 Å². The van der Waals surface area contributed by atoms with Gasteiger partial charge in [-0.05, 0) is 51.2 Å². The minimum Gasteiger partial charge on any atom is -0.306 e. The van der Waals surface area contributed by atoms with Crippen molar-refractivity contribution in [2.45, 2.75) is 23.8 Å². The van der Waals surface area contributed by atoms with E-state index in [0.717, 1.165) is 25.9 Å². The summed E-state index contributed by atoms with van der Waals surface area (Å²) in [4.78, 5) is 2.27. The molecule has 1 aliphatic rings. The predicted molar refractivity (Wildman–Crippen MR) is 77.0 cm³/mol. The average molecular weight is 314 g/mol. The lowest BCUT2D eigenvalue weighted by molar-refractivity contribution is 0.248. The monoisotopic (exact) mass is 313 g/mol. The van der Waals surface area contributed by atoms with Gasteiger partial charge in [0.15, 0.2) is 0 Å². The van der Waals surface area contributed by atoms with Gasteiger partial charge >= 0.3 is 0 Å². The smallest absolute Gasteiger partial charge is 0.240 e. The summed E-state index contributed by atoms with van der Waals surface area (Å²) in [6.45, 7) is 1.75. The van der Waals surface area contributed by atoms with E-state index in [-0.39, 0.29) is 21.5 Å². The summed E-state index contributed by atoms with van der Waals surface area (Å²) >= 11 is 5.88. The van der Waals surface area contributed by atoms with Crippen molar-refractivity contribution >= 4 is 21.6 Å². The minimum atomic E-state index is -3.59. The lowest BCUT2D eigenvalue weighted by atomic mass is 10.1. The first kappa shape index (κ1) is 15.3. The molecular formula is C13H16ClN3O2S. The van der Waals surface area contributed by atoms with Gasteiger partial charge < -0.3 is 4.90 Å². The first-order valence-electron chi connectivity index (χ1n) is 6.33. The maximum Gasteiger partial charge on any atom is 0.240 e. The van der Waals surface area contributed by atoms with Crippen molar-refractivity contribution < 1.29 is 8.42 Å². The summed E-state index contributed by atoms with van der Waals surface area (Å²) in [5, 5.41) is 8.95. The summed E-state index contributed by atoms with van der Waals surface area (Å²) in [6.07, 6.45) is 1.58. The largest absolute Gasteiger partial charge is 0.306 e. The third kappa shape index (κ3) is 3.49. The Morgan fingerprint density at radius 1 is 1.40 bits per heavy atom. The number of nitriles is 1. The zero-order chi connectivity index (χ0) is 14.8. The van der Waals surface area contributed by atoms with E-state index in [1.165, 1.54) is 18.2 Å². The third-order valence-corrected chi connectivity index (χ3v) is 5.24. The van der Waals surface area contributed by atoms with E-state index < -0.39 is 10.0 Å². The zero-order valence-corrected chi connectivity index (χ0v) is 12.7. The van der Waals surface area contributed by atoms with Gasteiger partial charge in [0, 0.05) is 6.04 Å². The van der Waals surface area contributed by atoms with Gasteiger partial charge in [-0.3, -0.25) is 0 Å². The van der Waals surface area contributed by atoms with Crippen LogP contribution in [0.5, 0.6) is 0 Å². The highest BCUT2D eigenvalue weighted by Crippen LogP contribution is 2.21. The van der Waals surface area contributed by atoms with Gasteiger partial charge in [-0.2, -0.15) is 5.26 Å². The maximum absolute atomic E-state index is 12.3. The molecule has 1 heterocycles. The van der Waals surface area contributed by atoms with Crippen LogP contribution >= 0.6 is 11.6 Å². The number of nitrogens with one attached hydrogen (secondary N) is 1. The highest BCUT2D eigenvalue weighted by atomic mass is 35.5. The van der Waals surface area contributed by atoms with Crippen molar-refractivity contribution in [3.8, 4) is 6.07 Å². The molecule has 0 spiro atoms. The highest BCUT2D eigenvalue weighted by Gasteiger charge is 2.23. The molecule has 7 heteroatoms. The van der Waals surface area contributed by atoms with E-state index in [1.807, 2.05) is 13.1 Å². The summed E-state index contributed by atoms with van der Waals surface area (Å²) in [5.41, 5.74) is 0.268. The first-order valence-corrected chi connectivity index (χ1v) is 8.19. The number of sulfonamides is 1. The number of halogens is 1. The summed E-state index contributed by atoms with van der Waals surface area (Å²) in [7, 11) is -1.57. The van der Waals surface area contributed by atoms with Gasteiger partial charge in [0.25, 0.3) is 0 Å². The van der Waals surface area contributed by atoms with E-state index in [9.17, 15) is 8.42 Å². The molecule has 1 aliphatic heterocycles. The first-order chi connectivity index (χ1) is 9.42. The minimum absolute atomic E-state index is 0.0504. The third-order valence-electron chi connectivity index (χ3n) is 3.41. The van der Waals surface area contributed by atoms with Gasteiger partial charge in [0.2, 0.25) is 10.0 Å². The van der Waals surface area contributed by atoms with Crippen LogP contribution in [0.2, 0.25) is 5.02 Å². The van der Waals surface area contributed by atoms with Crippen molar-refractivity contribution in [1.29, 1.82) is 5.26 Å². The van der Waals surface area contributed by atoms with E-state index >= 15 is 0 Å².